The van der Waals surface area contributed by atoms with Crippen molar-refractivity contribution in [3.05, 3.63) is 24.2 Å². The maximum atomic E-state index is 5.46. The van der Waals surface area contributed by atoms with Crippen molar-refractivity contribution in [2.45, 2.75) is 13.3 Å². The molecule has 0 aliphatic heterocycles. The Hall–Kier alpha value is -1.91. The second kappa shape index (κ2) is 3.45. The number of aromatic nitrogens is 3. The lowest BCUT2D eigenvalue weighted by Crippen LogP contribution is -1.89. The fourth-order valence-electron chi connectivity index (χ4n) is 1.05. The average Bonchev–Trinajstić information content (AvgIpc) is 2.67. The number of nitrogen functional groups attached to an aromatic ring is 1. The largest absolute Gasteiger partial charge is 0.384 e. The Bertz CT molecular complexity index is 421. The molecular formula is C9H10N4O. The van der Waals surface area contributed by atoms with Crippen LogP contribution in [0.15, 0.2) is 22.9 Å². The predicted octanol–water partition coefficient (Wildman–Crippen LogP) is 1.28. The molecule has 2 N–H and O–H groups in total. The molecule has 0 aliphatic carbocycles. The van der Waals surface area contributed by atoms with E-state index >= 15 is 0 Å². The van der Waals surface area contributed by atoms with Crippen LogP contribution in [0.1, 0.15) is 12.8 Å². The van der Waals surface area contributed by atoms with Gasteiger partial charge < -0.3 is 10.3 Å². The standard InChI is InChI=1S/C9H10N4O/c1-2-8-12-9(13-14-8)6-3-4-7(10)11-5-6/h3-5H,2H2,1H3,(H2,10,11). The molecule has 0 bridgehead atoms. The molecule has 5 heteroatoms. The van der Waals surface area contributed by atoms with Crippen molar-refractivity contribution in [3.8, 4) is 11.4 Å². The molecule has 72 valence electrons. The first-order valence-corrected chi connectivity index (χ1v) is 4.34. The van der Waals surface area contributed by atoms with Crippen molar-refractivity contribution in [2.75, 3.05) is 5.73 Å². The van der Waals surface area contributed by atoms with Crippen LogP contribution in [0, 0.1) is 0 Å². The highest BCUT2D eigenvalue weighted by atomic mass is 16.5. The molecule has 0 saturated carbocycles. The summed E-state index contributed by atoms with van der Waals surface area (Å²) in [5.74, 6) is 1.65. The van der Waals surface area contributed by atoms with Crippen LogP contribution in [0.2, 0.25) is 0 Å². The molecule has 0 aromatic carbocycles. The topological polar surface area (TPSA) is 77.8 Å². The third kappa shape index (κ3) is 1.56. The third-order valence-electron chi connectivity index (χ3n) is 1.82. The summed E-state index contributed by atoms with van der Waals surface area (Å²) in [7, 11) is 0. The van der Waals surface area contributed by atoms with E-state index in [1.54, 1.807) is 12.3 Å². The van der Waals surface area contributed by atoms with Gasteiger partial charge in [-0.3, -0.25) is 0 Å². The Morgan fingerprint density at radius 2 is 2.29 bits per heavy atom. The van der Waals surface area contributed by atoms with Crippen LogP contribution in [-0.2, 0) is 6.42 Å². The van der Waals surface area contributed by atoms with Gasteiger partial charge in [-0.15, -0.1) is 0 Å². The zero-order chi connectivity index (χ0) is 9.97. The number of nitrogens with zero attached hydrogens (tertiary/aromatic N) is 3. The summed E-state index contributed by atoms with van der Waals surface area (Å²) in [6.45, 7) is 1.96. The van der Waals surface area contributed by atoms with E-state index in [0.717, 1.165) is 12.0 Å². The van der Waals surface area contributed by atoms with Crippen molar-refractivity contribution in [1.29, 1.82) is 0 Å². The lowest BCUT2D eigenvalue weighted by molar-refractivity contribution is 0.383. The normalized spacial score (nSPS) is 10.4. The molecule has 0 amide bonds. The number of hydrogen-bond acceptors (Lipinski definition) is 5. The Morgan fingerprint density at radius 3 is 2.86 bits per heavy atom. The molecule has 0 fully saturated rings. The third-order valence-corrected chi connectivity index (χ3v) is 1.82. The second-order valence-corrected chi connectivity index (χ2v) is 2.84. The second-order valence-electron chi connectivity index (χ2n) is 2.84. The van der Waals surface area contributed by atoms with Crippen LogP contribution in [-0.4, -0.2) is 15.1 Å². The number of nitrogens with two attached hydrogens (primary N) is 1. The summed E-state index contributed by atoms with van der Waals surface area (Å²) >= 11 is 0. The van der Waals surface area contributed by atoms with Gasteiger partial charge in [-0.2, -0.15) is 4.98 Å². The number of pyridine rings is 1. The first kappa shape index (κ1) is 8.68. The minimum absolute atomic E-state index is 0.480. The van der Waals surface area contributed by atoms with Crippen LogP contribution in [0.4, 0.5) is 5.82 Å². The van der Waals surface area contributed by atoms with Gasteiger partial charge in [0.2, 0.25) is 11.7 Å². The summed E-state index contributed by atoms with van der Waals surface area (Å²) in [6.07, 6.45) is 2.36. The van der Waals surface area contributed by atoms with Gasteiger partial charge in [-0.05, 0) is 12.1 Å². The van der Waals surface area contributed by atoms with E-state index in [9.17, 15) is 0 Å². The molecule has 0 atom stereocenters. The minimum atomic E-state index is 0.480. The van der Waals surface area contributed by atoms with Crippen LogP contribution in [0.25, 0.3) is 11.4 Å². The molecule has 0 spiro atoms. The number of anilines is 1. The van der Waals surface area contributed by atoms with Gasteiger partial charge in [0.25, 0.3) is 0 Å². The van der Waals surface area contributed by atoms with Gasteiger partial charge in [0.1, 0.15) is 5.82 Å². The van der Waals surface area contributed by atoms with E-state index < -0.39 is 0 Å². The molecular weight excluding hydrogens is 180 g/mol. The molecule has 0 radical (unpaired) electrons. The maximum absolute atomic E-state index is 5.46. The Labute approximate surface area is 81.0 Å². The zero-order valence-electron chi connectivity index (χ0n) is 7.77. The van der Waals surface area contributed by atoms with Gasteiger partial charge in [-0.25, -0.2) is 4.98 Å². The van der Waals surface area contributed by atoms with E-state index in [1.807, 2.05) is 13.0 Å². The zero-order valence-corrected chi connectivity index (χ0v) is 7.77. The number of rotatable bonds is 2. The number of aryl methyl sites for hydroxylation is 1. The van der Waals surface area contributed by atoms with Crippen LogP contribution >= 0.6 is 0 Å². The number of hydrogen-bond donors (Lipinski definition) is 1. The van der Waals surface area contributed by atoms with Crippen molar-refractivity contribution < 1.29 is 4.52 Å². The molecule has 2 aromatic rings. The quantitative estimate of drug-likeness (QED) is 0.771. The Kier molecular flexibility index (Phi) is 2.14. The highest BCUT2D eigenvalue weighted by Gasteiger charge is 2.06. The minimum Gasteiger partial charge on any atom is -0.384 e. The first-order valence-electron chi connectivity index (χ1n) is 4.34. The fraction of sp³-hybridized carbons (Fsp3) is 0.222. The summed E-state index contributed by atoms with van der Waals surface area (Å²) in [4.78, 5) is 8.12. The van der Waals surface area contributed by atoms with E-state index in [2.05, 4.69) is 15.1 Å². The lowest BCUT2D eigenvalue weighted by Gasteiger charge is -1.93. The molecule has 2 rings (SSSR count). The molecule has 2 aromatic heterocycles. The smallest absolute Gasteiger partial charge is 0.226 e. The summed E-state index contributed by atoms with van der Waals surface area (Å²) in [5, 5.41) is 3.82. The molecule has 5 nitrogen and oxygen atoms in total. The van der Waals surface area contributed by atoms with Crippen molar-refractivity contribution in [3.63, 3.8) is 0 Å². The predicted molar refractivity (Wildman–Crippen MR) is 51.3 cm³/mol. The van der Waals surface area contributed by atoms with E-state index in [1.165, 1.54) is 0 Å². The van der Waals surface area contributed by atoms with Crippen molar-refractivity contribution >= 4 is 5.82 Å². The SMILES string of the molecule is CCc1nc(-c2ccc(N)nc2)no1. The van der Waals surface area contributed by atoms with Gasteiger partial charge in [0.15, 0.2) is 0 Å². The summed E-state index contributed by atoms with van der Waals surface area (Å²) < 4.78 is 4.98. The van der Waals surface area contributed by atoms with Crippen LogP contribution in [0.5, 0.6) is 0 Å². The summed E-state index contributed by atoms with van der Waals surface area (Å²) in [6, 6.07) is 3.52. The fourth-order valence-corrected chi connectivity index (χ4v) is 1.05. The van der Waals surface area contributed by atoms with Crippen molar-refractivity contribution in [2.24, 2.45) is 0 Å². The van der Waals surface area contributed by atoms with Gasteiger partial charge in [-0.1, -0.05) is 12.1 Å². The van der Waals surface area contributed by atoms with Crippen molar-refractivity contribution in [1.82, 2.24) is 15.1 Å². The van der Waals surface area contributed by atoms with Gasteiger partial charge in [0, 0.05) is 18.2 Å². The average molecular weight is 190 g/mol. The molecule has 14 heavy (non-hydrogen) atoms. The first-order chi connectivity index (χ1) is 6.79. The summed E-state index contributed by atoms with van der Waals surface area (Å²) in [5.41, 5.74) is 6.27. The highest BCUT2D eigenvalue weighted by molar-refractivity contribution is 5.54. The molecule has 0 aliphatic rings. The molecule has 2 heterocycles. The lowest BCUT2D eigenvalue weighted by atomic mass is 10.3. The monoisotopic (exact) mass is 190 g/mol. The highest BCUT2D eigenvalue weighted by Crippen LogP contribution is 2.15. The Morgan fingerprint density at radius 1 is 1.43 bits per heavy atom. The molecule has 0 saturated heterocycles. The van der Waals surface area contributed by atoms with E-state index in [0.29, 0.717) is 17.5 Å². The van der Waals surface area contributed by atoms with E-state index in [4.69, 9.17) is 10.3 Å². The van der Waals surface area contributed by atoms with Gasteiger partial charge >= 0.3 is 0 Å². The van der Waals surface area contributed by atoms with Gasteiger partial charge in [0.05, 0.1) is 0 Å². The molecule has 0 unspecified atom stereocenters. The maximum Gasteiger partial charge on any atom is 0.226 e. The Balaban J connectivity index is 2.34. The van der Waals surface area contributed by atoms with E-state index in [-0.39, 0.29) is 0 Å². The van der Waals surface area contributed by atoms with Crippen LogP contribution in [0.3, 0.4) is 0 Å². The van der Waals surface area contributed by atoms with Crippen LogP contribution < -0.4 is 5.73 Å².